The van der Waals surface area contributed by atoms with Gasteiger partial charge in [-0.15, -0.1) is 0 Å². The lowest BCUT2D eigenvalue weighted by Gasteiger charge is -2.33. The van der Waals surface area contributed by atoms with Crippen molar-refractivity contribution in [2.45, 2.75) is 59.2 Å². The zero-order chi connectivity index (χ0) is 23.3. The minimum absolute atomic E-state index is 0.00451. The molecule has 3 heterocycles. The molecule has 0 fully saturated rings. The van der Waals surface area contributed by atoms with Crippen LogP contribution in [0.4, 0.5) is 0 Å². The second-order valence-corrected chi connectivity index (χ2v) is 8.78. The number of amides is 1. The van der Waals surface area contributed by atoms with Gasteiger partial charge in [0.25, 0.3) is 0 Å². The van der Waals surface area contributed by atoms with Crippen LogP contribution in [0.25, 0.3) is 0 Å². The Morgan fingerprint density at radius 1 is 1.28 bits per heavy atom. The first kappa shape index (κ1) is 24.2. The predicted molar refractivity (Wildman–Crippen MR) is 129 cm³/mol. The first-order valence-corrected chi connectivity index (χ1v) is 11.6. The number of nitrogens with zero attached hydrogens (tertiary/aromatic N) is 4. The number of halogens is 2. The van der Waals surface area contributed by atoms with Gasteiger partial charge in [-0.05, 0) is 56.0 Å². The number of Topliss-reactive ketones (excluding diaryl/α,β-unsaturated/α-hetero) is 1. The van der Waals surface area contributed by atoms with Crippen LogP contribution in [0.5, 0.6) is 0 Å². The molecule has 0 bridgehead atoms. The third kappa shape index (κ3) is 5.87. The summed E-state index contributed by atoms with van der Waals surface area (Å²) in [5.41, 5.74) is 2.72. The summed E-state index contributed by atoms with van der Waals surface area (Å²) in [6.45, 7) is 7.48. The molecule has 1 amide bonds. The molecule has 0 aliphatic carbocycles. The van der Waals surface area contributed by atoms with Crippen molar-refractivity contribution < 1.29 is 9.59 Å². The standard InChI is InChI=1S/C16H20N4O2.C8H8Cl2/c1-11-9-20-14(12(2)21)8-18-15(20)10-19(11)16(22)6-5-13-4-3-7-17-13;1-2-6-5-7(9)3-4-8(6)10/h5-6,8,11H,3-4,7,9-10H2,1-2H3;3-5H,2H2,1H3/b6-5+;. The van der Waals surface area contributed by atoms with E-state index in [1.807, 2.05) is 29.7 Å². The van der Waals surface area contributed by atoms with Crippen molar-refractivity contribution in [3.05, 3.63) is 63.7 Å². The maximum absolute atomic E-state index is 12.4. The zero-order valence-corrected chi connectivity index (χ0v) is 20.2. The van der Waals surface area contributed by atoms with Crippen molar-refractivity contribution in [3.8, 4) is 0 Å². The zero-order valence-electron chi connectivity index (χ0n) is 18.6. The molecular weight excluding hydrogens is 447 g/mol. The summed E-state index contributed by atoms with van der Waals surface area (Å²) in [6, 6.07) is 5.54. The van der Waals surface area contributed by atoms with Crippen molar-refractivity contribution >= 4 is 40.6 Å². The van der Waals surface area contributed by atoms with E-state index in [1.54, 1.807) is 23.2 Å². The molecule has 0 N–H and O–H groups in total. The molecule has 1 unspecified atom stereocenters. The van der Waals surface area contributed by atoms with Crippen molar-refractivity contribution in [1.82, 2.24) is 14.5 Å². The van der Waals surface area contributed by atoms with Gasteiger partial charge in [-0.1, -0.05) is 30.1 Å². The number of aliphatic imine (C=N–C) groups is 1. The number of aromatic nitrogens is 2. The lowest BCUT2D eigenvalue weighted by molar-refractivity contribution is -0.129. The van der Waals surface area contributed by atoms with Crippen LogP contribution in [0.3, 0.4) is 0 Å². The second-order valence-electron chi connectivity index (χ2n) is 7.94. The molecule has 0 saturated heterocycles. The highest BCUT2D eigenvalue weighted by molar-refractivity contribution is 6.33. The van der Waals surface area contributed by atoms with Gasteiger partial charge in [0.2, 0.25) is 5.91 Å². The summed E-state index contributed by atoms with van der Waals surface area (Å²) in [5.74, 6) is 0.744. The molecule has 6 nitrogen and oxygen atoms in total. The normalized spacial score (nSPS) is 17.6. The third-order valence-corrected chi connectivity index (χ3v) is 6.19. The van der Waals surface area contributed by atoms with E-state index in [4.69, 9.17) is 23.2 Å². The number of hydrogen-bond acceptors (Lipinski definition) is 4. The van der Waals surface area contributed by atoms with Crippen LogP contribution in [-0.4, -0.2) is 44.4 Å². The van der Waals surface area contributed by atoms with Gasteiger partial charge in [-0.3, -0.25) is 14.6 Å². The molecule has 1 aromatic heterocycles. The van der Waals surface area contributed by atoms with Gasteiger partial charge in [0, 0.05) is 47.9 Å². The topological polar surface area (TPSA) is 67.6 Å². The number of imidazole rings is 1. The van der Waals surface area contributed by atoms with Gasteiger partial charge in [0.05, 0.1) is 12.7 Å². The number of rotatable bonds is 4. The van der Waals surface area contributed by atoms with E-state index in [9.17, 15) is 9.59 Å². The third-order valence-electron chi connectivity index (χ3n) is 5.59. The molecule has 0 radical (unpaired) electrons. The molecule has 2 aliphatic heterocycles. The Balaban J connectivity index is 0.000000243. The van der Waals surface area contributed by atoms with Gasteiger partial charge >= 0.3 is 0 Å². The predicted octanol–water partition coefficient (Wildman–Crippen LogP) is 5.16. The summed E-state index contributed by atoms with van der Waals surface area (Å²) in [7, 11) is 0. The summed E-state index contributed by atoms with van der Waals surface area (Å²) in [5, 5.41) is 1.55. The van der Waals surface area contributed by atoms with Gasteiger partial charge in [0.15, 0.2) is 5.78 Å². The molecule has 1 aromatic carbocycles. The average molecular weight is 475 g/mol. The van der Waals surface area contributed by atoms with Gasteiger partial charge in [0.1, 0.15) is 11.5 Å². The maximum atomic E-state index is 12.4. The number of allylic oxidation sites excluding steroid dienone is 1. The van der Waals surface area contributed by atoms with Gasteiger partial charge < -0.3 is 9.47 Å². The molecule has 170 valence electrons. The van der Waals surface area contributed by atoms with E-state index in [-0.39, 0.29) is 17.7 Å². The fourth-order valence-corrected chi connectivity index (χ4v) is 4.21. The van der Waals surface area contributed by atoms with E-state index in [1.165, 1.54) is 6.92 Å². The summed E-state index contributed by atoms with van der Waals surface area (Å²) < 4.78 is 1.92. The Hall–Kier alpha value is -2.44. The Labute approximate surface area is 198 Å². The number of carbonyl (C=O) groups excluding carboxylic acids is 2. The Kier molecular flexibility index (Phi) is 8.26. The smallest absolute Gasteiger partial charge is 0.247 e. The number of fused-ring (bicyclic) bond motifs is 1. The highest BCUT2D eigenvalue weighted by atomic mass is 35.5. The first-order valence-electron chi connectivity index (χ1n) is 10.8. The summed E-state index contributed by atoms with van der Waals surface area (Å²) in [6.07, 6.45) is 7.97. The fourth-order valence-electron chi connectivity index (χ4n) is 3.77. The largest absolute Gasteiger partial charge is 0.327 e. The van der Waals surface area contributed by atoms with Crippen molar-refractivity contribution in [1.29, 1.82) is 0 Å². The number of carbonyl (C=O) groups is 2. The quantitative estimate of drug-likeness (QED) is 0.453. The van der Waals surface area contributed by atoms with Gasteiger partial charge in [-0.2, -0.15) is 0 Å². The molecule has 4 rings (SSSR count). The monoisotopic (exact) mass is 474 g/mol. The van der Waals surface area contributed by atoms with Crippen molar-refractivity contribution in [2.24, 2.45) is 4.99 Å². The Bertz CT molecular complexity index is 1060. The van der Waals surface area contributed by atoms with Crippen molar-refractivity contribution in [2.75, 3.05) is 6.54 Å². The van der Waals surface area contributed by atoms with Crippen LogP contribution in [0, 0.1) is 0 Å². The van der Waals surface area contributed by atoms with Crippen molar-refractivity contribution in [3.63, 3.8) is 0 Å². The molecule has 32 heavy (non-hydrogen) atoms. The van der Waals surface area contributed by atoms with Crippen LogP contribution < -0.4 is 0 Å². The van der Waals surface area contributed by atoms with E-state index in [0.29, 0.717) is 18.8 Å². The van der Waals surface area contributed by atoms with Gasteiger partial charge in [-0.25, -0.2) is 4.98 Å². The minimum atomic E-state index is -0.0271. The lowest BCUT2D eigenvalue weighted by atomic mass is 10.2. The van der Waals surface area contributed by atoms with Crippen LogP contribution in [0.15, 0.2) is 41.5 Å². The minimum Gasteiger partial charge on any atom is -0.327 e. The molecule has 1 atom stereocenters. The SMILES string of the molecule is CC(=O)c1cnc2n1CC(C)N(C(=O)/C=C/C1=NCCC1)C2.CCc1cc(Cl)ccc1Cl. The number of ketones is 1. The average Bonchev–Trinajstić information content (AvgIpc) is 3.43. The molecular formula is C24H28Cl2N4O2. The molecule has 2 aliphatic rings. The molecule has 0 spiro atoms. The molecule has 0 saturated carbocycles. The summed E-state index contributed by atoms with van der Waals surface area (Å²) >= 11 is 11.6. The van der Waals surface area contributed by atoms with Crippen LogP contribution in [-0.2, 0) is 24.3 Å². The first-order chi connectivity index (χ1) is 15.3. The molecule has 8 heteroatoms. The maximum Gasteiger partial charge on any atom is 0.247 e. The van der Waals surface area contributed by atoms with E-state index >= 15 is 0 Å². The highest BCUT2D eigenvalue weighted by Crippen LogP contribution is 2.21. The fraction of sp³-hybridized carbons (Fsp3) is 0.417. The second kappa shape index (κ2) is 10.9. The Morgan fingerprint density at radius 3 is 2.69 bits per heavy atom. The highest BCUT2D eigenvalue weighted by Gasteiger charge is 2.28. The number of benzene rings is 1. The Morgan fingerprint density at radius 2 is 2.06 bits per heavy atom. The number of hydrogen-bond donors (Lipinski definition) is 0. The number of aryl methyl sites for hydroxylation is 1. The van der Waals surface area contributed by atoms with E-state index in [0.717, 1.165) is 53.0 Å². The molecule has 2 aromatic rings. The van der Waals surface area contributed by atoms with Crippen LogP contribution in [0.1, 0.15) is 55.5 Å². The lowest BCUT2D eigenvalue weighted by Crippen LogP contribution is -2.44. The van der Waals surface area contributed by atoms with Crippen LogP contribution >= 0.6 is 23.2 Å². The summed E-state index contributed by atoms with van der Waals surface area (Å²) in [4.78, 5) is 34.4. The van der Waals surface area contributed by atoms with E-state index in [2.05, 4.69) is 16.9 Å². The van der Waals surface area contributed by atoms with Crippen LogP contribution in [0.2, 0.25) is 10.0 Å². The van der Waals surface area contributed by atoms with E-state index < -0.39 is 0 Å².